The van der Waals surface area contributed by atoms with Gasteiger partial charge in [-0.3, -0.25) is 4.79 Å². The molecule has 1 aliphatic carbocycles. The maximum Gasteiger partial charge on any atom is 0.314 e. The van der Waals surface area contributed by atoms with Crippen LogP contribution in [0.25, 0.3) is 0 Å². The number of halogens is 1. The number of carbonyl (C=O) groups is 1. The quantitative estimate of drug-likeness (QED) is 0.537. The number of benzene rings is 1. The van der Waals surface area contributed by atoms with E-state index in [1.54, 1.807) is 24.3 Å². The molecule has 0 heterocycles. The van der Waals surface area contributed by atoms with Gasteiger partial charge in [0.2, 0.25) is 0 Å². The van der Waals surface area contributed by atoms with Crippen LogP contribution in [0.3, 0.4) is 0 Å². The van der Waals surface area contributed by atoms with Crippen LogP contribution in [0.5, 0.6) is 5.75 Å². The fourth-order valence-corrected chi connectivity index (χ4v) is 1.21. The second-order valence-electron chi connectivity index (χ2n) is 3.13. The van der Waals surface area contributed by atoms with Gasteiger partial charge in [-0.05, 0) is 25.0 Å². The predicted octanol–water partition coefficient (Wildman–Crippen LogP) is 2.66. The van der Waals surface area contributed by atoms with Crippen LogP contribution < -0.4 is 4.74 Å². The zero-order chi connectivity index (χ0) is 9.26. The molecule has 1 fully saturated rings. The summed E-state index contributed by atoms with van der Waals surface area (Å²) in [6, 6.07) is 7.00. The van der Waals surface area contributed by atoms with Crippen LogP contribution in [-0.2, 0) is 4.79 Å². The molecule has 1 saturated carbocycles. The van der Waals surface area contributed by atoms with Gasteiger partial charge >= 0.3 is 5.97 Å². The van der Waals surface area contributed by atoms with Crippen LogP contribution in [0, 0.1) is 5.92 Å². The first-order valence-corrected chi connectivity index (χ1v) is 4.61. The van der Waals surface area contributed by atoms with Crippen LogP contribution in [0.2, 0.25) is 5.02 Å². The molecule has 13 heavy (non-hydrogen) atoms. The van der Waals surface area contributed by atoms with E-state index in [2.05, 4.69) is 0 Å². The second kappa shape index (κ2) is 3.38. The lowest BCUT2D eigenvalue weighted by Gasteiger charge is -2.03. The zero-order valence-electron chi connectivity index (χ0n) is 7.00. The van der Waals surface area contributed by atoms with Gasteiger partial charge in [-0.15, -0.1) is 0 Å². The SMILES string of the molecule is O=C(Oc1ccccc1Cl)C1CC1. The fraction of sp³-hybridized carbons (Fsp3) is 0.300. The topological polar surface area (TPSA) is 26.3 Å². The number of ether oxygens (including phenoxy) is 1. The van der Waals surface area contributed by atoms with Gasteiger partial charge in [0.05, 0.1) is 10.9 Å². The first-order chi connectivity index (χ1) is 6.27. The zero-order valence-corrected chi connectivity index (χ0v) is 7.75. The molecule has 2 rings (SSSR count). The number of hydrogen-bond acceptors (Lipinski definition) is 2. The molecule has 68 valence electrons. The molecule has 1 aromatic carbocycles. The Morgan fingerprint density at radius 2 is 2.08 bits per heavy atom. The van der Waals surface area contributed by atoms with Crippen LogP contribution in [-0.4, -0.2) is 5.97 Å². The Hall–Kier alpha value is -1.02. The highest BCUT2D eigenvalue weighted by atomic mass is 35.5. The minimum absolute atomic E-state index is 0.108. The van der Waals surface area contributed by atoms with E-state index in [1.165, 1.54) is 0 Å². The van der Waals surface area contributed by atoms with Crippen molar-refractivity contribution in [2.45, 2.75) is 12.8 Å². The van der Waals surface area contributed by atoms with Crippen LogP contribution in [0.4, 0.5) is 0 Å². The lowest BCUT2D eigenvalue weighted by Crippen LogP contribution is -2.09. The summed E-state index contributed by atoms with van der Waals surface area (Å²) in [5.74, 6) is 0.408. The molecule has 0 amide bonds. The average Bonchev–Trinajstić information content (AvgIpc) is 2.91. The molecule has 0 radical (unpaired) electrons. The number of para-hydroxylation sites is 1. The van der Waals surface area contributed by atoms with E-state index in [4.69, 9.17) is 16.3 Å². The molecule has 0 atom stereocenters. The highest BCUT2D eigenvalue weighted by Crippen LogP contribution is 2.32. The monoisotopic (exact) mass is 196 g/mol. The van der Waals surface area contributed by atoms with Crippen molar-refractivity contribution >= 4 is 17.6 Å². The van der Waals surface area contributed by atoms with E-state index in [9.17, 15) is 4.79 Å². The Morgan fingerprint density at radius 1 is 1.38 bits per heavy atom. The van der Waals surface area contributed by atoms with Gasteiger partial charge < -0.3 is 4.74 Å². The summed E-state index contributed by atoms with van der Waals surface area (Å²) >= 11 is 5.82. The van der Waals surface area contributed by atoms with Gasteiger partial charge in [0.1, 0.15) is 5.75 Å². The predicted molar refractivity (Wildman–Crippen MR) is 49.8 cm³/mol. The summed E-state index contributed by atoms with van der Waals surface area (Å²) in [6.07, 6.45) is 1.90. The molecule has 2 nitrogen and oxygen atoms in total. The summed E-state index contributed by atoms with van der Waals surface area (Å²) in [6.45, 7) is 0. The summed E-state index contributed by atoms with van der Waals surface area (Å²) in [4.78, 5) is 11.2. The molecule has 0 spiro atoms. The summed E-state index contributed by atoms with van der Waals surface area (Å²) < 4.78 is 5.10. The van der Waals surface area contributed by atoms with Crippen LogP contribution in [0.1, 0.15) is 12.8 Å². The van der Waals surface area contributed by atoms with Crippen molar-refractivity contribution in [2.75, 3.05) is 0 Å². The Balaban J connectivity index is 2.08. The van der Waals surface area contributed by atoms with Gasteiger partial charge in [-0.1, -0.05) is 23.7 Å². The van der Waals surface area contributed by atoms with Gasteiger partial charge in [0.25, 0.3) is 0 Å². The molecule has 1 aromatic rings. The lowest BCUT2D eigenvalue weighted by atomic mass is 10.3. The summed E-state index contributed by atoms with van der Waals surface area (Å²) in [5.41, 5.74) is 0. The highest BCUT2D eigenvalue weighted by molar-refractivity contribution is 6.32. The minimum Gasteiger partial charge on any atom is -0.425 e. The molecular formula is C10H9ClO2. The Kier molecular flexibility index (Phi) is 2.23. The van der Waals surface area contributed by atoms with Gasteiger partial charge in [0, 0.05) is 0 Å². The first-order valence-electron chi connectivity index (χ1n) is 4.23. The van der Waals surface area contributed by atoms with E-state index in [-0.39, 0.29) is 11.9 Å². The van der Waals surface area contributed by atoms with Gasteiger partial charge in [-0.2, -0.15) is 0 Å². The smallest absolute Gasteiger partial charge is 0.314 e. The van der Waals surface area contributed by atoms with Crippen molar-refractivity contribution in [2.24, 2.45) is 5.92 Å². The maximum atomic E-state index is 11.2. The summed E-state index contributed by atoms with van der Waals surface area (Å²) in [7, 11) is 0. The largest absolute Gasteiger partial charge is 0.425 e. The van der Waals surface area contributed by atoms with E-state index in [0.29, 0.717) is 10.8 Å². The Bertz CT molecular complexity index is 331. The number of esters is 1. The molecule has 0 N–H and O–H groups in total. The second-order valence-corrected chi connectivity index (χ2v) is 3.53. The van der Waals surface area contributed by atoms with Crippen LogP contribution in [0.15, 0.2) is 24.3 Å². The van der Waals surface area contributed by atoms with Gasteiger partial charge in [-0.25, -0.2) is 0 Å². The van der Waals surface area contributed by atoms with Crippen molar-refractivity contribution < 1.29 is 9.53 Å². The number of rotatable bonds is 2. The Labute approximate surface area is 81.5 Å². The third kappa shape index (κ3) is 2.01. The lowest BCUT2D eigenvalue weighted by molar-refractivity contribution is -0.135. The maximum absolute atomic E-state index is 11.2. The third-order valence-corrected chi connectivity index (χ3v) is 2.27. The number of hydrogen-bond donors (Lipinski definition) is 0. The molecular weight excluding hydrogens is 188 g/mol. The van der Waals surface area contributed by atoms with Crippen molar-refractivity contribution in [3.63, 3.8) is 0 Å². The molecule has 0 aliphatic heterocycles. The normalized spacial score (nSPS) is 15.5. The van der Waals surface area contributed by atoms with E-state index < -0.39 is 0 Å². The average molecular weight is 197 g/mol. The molecule has 0 aromatic heterocycles. The van der Waals surface area contributed by atoms with Crippen molar-refractivity contribution in [1.29, 1.82) is 0 Å². The van der Waals surface area contributed by atoms with Gasteiger partial charge in [0.15, 0.2) is 0 Å². The first kappa shape index (κ1) is 8.57. The van der Waals surface area contributed by atoms with E-state index >= 15 is 0 Å². The summed E-state index contributed by atoms with van der Waals surface area (Å²) in [5, 5.41) is 0.483. The molecule has 0 bridgehead atoms. The van der Waals surface area contributed by atoms with Crippen molar-refractivity contribution in [1.82, 2.24) is 0 Å². The highest BCUT2D eigenvalue weighted by Gasteiger charge is 2.31. The Morgan fingerprint density at radius 3 is 2.69 bits per heavy atom. The van der Waals surface area contributed by atoms with Crippen molar-refractivity contribution in [3.05, 3.63) is 29.3 Å². The molecule has 1 aliphatic rings. The van der Waals surface area contributed by atoms with Crippen molar-refractivity contribution in [3.8, 4) is 5.75 Å². The minimum atomic E-state index is -0.159. The number of carbonyl (C=O) groups excluding carboxylic acids is 1. The van der Waals surface area contributed by atoms with E-state index in [1.807, 2.05) is 0 Å². The molecule has 0 saturated heterocycles. The van der Waals surface area contributed by atoms with E-state index in [0.717, 1.165) is 12.8 Å². The van der Waals surface area contributed by atoms with Crippen LogP contribution >= 0.6 is 11.6 Å². The standard InChI is InChI=1S/C10H9ClO2/c11-8-3-1-2-4-9(8)13-10(12)7-5-6-7/h1-4,7H,5-6H2. The molecule has 0 unspecified atom stereocenters. The fourth-order valence-electron chi connectivity index (χ4n) is 1.04. The molecule has 3 heteroatoms. The third-order valence-electron chi connectivity index (χ3n) is 1.96.